The fourth-order valence-electron chi connectivity index (χ4n) is 2.73. The number of carbonyl (C=O) groups is 2. The predicted molar refractivity (Wildman–Crippen MR) is 97.2 cm³/mol. The lowest BCUT2D eigenvalue weighted by atomic mass is 9.96. The topological polar surface area (TPSA) is 58.6 Å². The molecule has 1 N–H and O–H groups in total. The van der Waals surface area contributed by atoms with Crippen molar-refractivity contribution in [2.45, 2.75) is 6.42 Å². The first-order valence-electron chi connectivity index (χ1n) is 7.98. The number of fused-ring (bicyclic) bond motifs is 1. The Morgan fingerprint density at radius 1 is 1.16 bits per heavy atom. The Labute approximate surface area is 151 Å². The largest absolute Gasteiger partial charge is 0.492 e. The molecule has 1 aliphatic rings. The van der Waals surface area contributed by atoms with Crippen LogP contribution in [0.2, 0.25) is 5.02 Å². The molecule has 25 heavy (non-hydrogen) atoms. The maximum atomic E-state index is 12.5. The van der Waals surface area contributed by atoms with E-state index in [1.54, 1.807) is 44.4 Å². The van der Waals surface area contributed by atoms with E-state index in [4.69, 9.17) is 16.3 Å². The van der Waals surface area contributed by atoms with Crippen LogP contribution in [0.3, 0.4) is 0 Å². The number of hydrogen-bond acceptors (Lipinski definition) is 3. The maximum absolute atomic E-state index is 12.5. The highest BCUT2D eigenvalue weighted by Gasteiger charge is 2.26. The van der Waals surface area contributed by atoms with Crippen LogP contribution in [0.4, 0.5) is 5.69 Å². The van der Waals surface area contributed by atoms with E-state index >= 15 is 0 Å². The van der Waals surface area contributed by atoms with Crippen LogP contribution in [0.25, 0.3) is 0 Å². The lowest BCUT2D eigenvalue weighted by molar-refractivity contribution is -0.121. The minimum absolute atomic E-state index is 0.0768. The first-order valence-corrected chi connectivity index (χ1v) is 8.35. The van der Waals surface area contributed by atoms with Gasteiger partial charge in [0.25, 0.3) is 5.91 Å². The summed E-state index contributed by atoms with van der Waals surface area (Å²) in [5, 5.41) is 3.50. The number of rotatable bonds is 3. The minimum atomic E-state index is -0.283. The van der Waals surface area contributed by atoms with Crippen molar-refractivity contribution < 1.29 is 14.3 Å². The van der Waals surface area contributed by atoms with Crippen LogP contribution < -0.4 is 10.1 Å². The van der Waals surface area contributed by atoms with Gasteiger partial charge in [0.2, 0.25) is 5.91 Å². The zero-order valence-corrected chi connectivity index (χ0v) is 14.8. The van der Waals surface area contributed by atoms with Gasteiger partial charge < -0.3 is 15.0 Å². The Bertz CT molecular complexity index is 803. The molecule has 1 heterocycles. The highest BCUT2D eigenvalue weighted by atomic mass is 35.5. The molecule has 130 valence electrons. The van der Waals surface area contributed by atoms with Gasteiger partial charge in [-0.1, -0.05) is 11.6 Å². The summed E-state index contributed by atoms with van der Waals surface area (Å²) in [5.41, 5.74) is 2.16. The molecule has 1 atom stereocenters. The second-order valence-corrected chi connectivity index (χ2v) is 6.67. The summed E-state index contributed by atoms with van der Waals surface area (Å²) < 4.78 is 5.66. The summed E-state index contributed by atoms with van der Waals surface area (Å²) in [6.45, 7) is 0.331. The van der Waals surface area contributed by atoms with Gasteiger partial charge >= 0.3 is 0 Å². The van der Waals surface area contributed by atoms with Gasteiger partial charge in [-0.15, -0.1) is 0 Å². The van der Waals surface area contributed by atoms with E-state index in [0.29, 0.717) is 29.3 Å². The van der Waals surface area contributed by atoms with E-state index in [9.17, 15) is 9.59 Å². The smallest absolute Gasteiger partial charge is 0.253 e. The van der Waals surface area contributed by atoms with Crippen LogP contribution in [0.15, 0.2) is 42.5 Å². The SMILES string of the molecule is CN(C)C(=O)c1ccc(NC(=O)[C@@H]2COc3ccc(Cl)cc3C2)cc1. The van der Waals surface area contributed by atoms with Gasteiger partial charge in [0, 0.05) is 30.4 Å². The average molecular weight is 359 g/mol. The fraction of sp³-hybridized carbons (Fsp3) is 0.263. The van der Waals surface area contributed by atoms with Gasteiger partial charge in [-0.3, -0.25) is 9.59 Å². The summed E-state index contributed by atoms with van der Waals surface area (Å²) in [5.74, 6) is 0.304. The Balaban J connectivity index is 1.66. The number of hydrogen-bond donors (Lipinski definition) is 1. The van der Waals surface area contributed by atoms with E-state index in [-0.39, 0.29) is 17.7 Å². The molecule has 0 aromatic heterocycles. The molecule has 0 fully saturated rings. The van der Waals surface area contributed by atoms with Crippen molar-refractivity contribution in [3.63, 3.8) is 0 Å². The molecule has 2 amide bonds. The zero-order chi connectivity index (χ0) is 18.0. The van der Waals surface area contributed by atoms with Crippen molar-refractivity contribution in [2.24, 2.45) is 5.92 Å². The standard InChI is InChI=1S/C19H19ClN2O3/c1-22(2)19(24)12-3-6-16(7-4-12)21-18(23)14-9-13-10-15(20)5-8-17(13)25-11-14/h3-8,10,14H,9,11H2,1-2H3,(H,21,23)/t14-/m0/s1. The van der Waals surface area contributed by atoms with Crippen LogP contribution in [-0.2, 0) is 11.2 Å². The molecule has 1 aliphatic heterocycles. The molecule has 3 rings (SSSR count). The maximum Gasteiger partial charge on any atom is 0.253 e. The van der Waals surface area contributed by atoms with E-state index < -0.39 is 0 Å². The van der Waals surface area contributed by atoms with Crippen LogP contribution in [0.1, 0.15) is 15.9 Å². The molecule has 0 bridgehead atoms. The number of halogens is 1. The van der Waals surface area contributed by atoms with Crippen molar-refractivity contribution in [2.75, 3.05) is 26.0 Å². The second-order valence-electron chi connectivity index (χ2n) is 6.23. The number of nitrogens with zero attached hydrogens (tertiary/aromatic N) is 1. The van der Waals surface area contributed by atoms with Gasteiger partial charge in [0.15, 0.2) is 0 Å². The molecule has 0 radical (unpaired) electrons. The van der Waals surface area contributed by atoms with Crippen molar-refractivity contribution in [3.05, 3.63) is 58.6 Å². The summed E-state index contributed by atoms with van der Waals surface area (Å²) >= 11 is 6.01. The van der Waals surface area contributed by atoms with Crippen LogP contribution in [-0.4, -0.2) is 37.4 Å². The van der Waals surface area contributed by atoms with Crippen molar-refractivity contribution in [3.8, 4) is 5.75 Å². The predicted octanol–water partition coefficient (Wildman–Crippen LogP) is 3.23. The summed E-state index contributed by atoms with van der Waals surface area (Å²) in [6, 6.07) is 12.3. The molecule has 6 heteroatoms. The first kappa shape index (κ1) is 17.3. The monoisotopic (exact) mass is 358 g/mol. The van der Waals surface area contributed by atoms with E-state index in [0.717, 1.165) is 11.3 Å². The van der Waals surface area contributed by atoms with Crippen LogP contribution in [0.5, 0.6) is 5.75 Å². The van der Waals surface area contributed by atoms with E-state index in [1.807, 2.05) is 12.1 Å². The fourth-order valence-corrected chi connectivity index (χ4v) is 2.92. The molecule has 0 unspecified atom stereocenters. The lowest BCUT2D eigenvalue weighted by Crippen LogP contribution is -2.32. The van der Waals surface area contributed by atoms with Crippen LogP contribution >= 0.6 is 11.6 Å². The molecular formula is C19H19ClN2O3. The Hall–Kier alpha value is -2.53. The number of amides is 2. The average Bonchev–Trinajstić information content (AvgIpc) is 2.61. The summed E-state index contributed by atoms with van der Waals surface area (Å²) in [4.78, 5) is 25.9. The molecule has 2 aromatic rings. The molecule has 0 spiro atoms. The highest BCUT2D eigenvalue weighted by Crippen LogP contribution is 2.30. The Kier molecular flexibility index (Phi) is 4.95. The van der Waals surface area contributed by atoms with Gasteiger partial charge in [0.05, 0.1) is 5.92 Å². The second kappa shape index (κ2) is 7.15. The van der Waals surface area contributed by atoms with Gasteiger partial charge in [-0.25, -0.2) is 0 Å². The summed E-state index contributed by atoms with van der Waals surface area (Å²) in [7, 11) is 3.40. The number of carbonyl (C=O) groups excluding carboxylic acids is 2. The minimum Gasteiger partial charge on any atom is -0.492 e. The highest BCUT2D eigenvalue weighted by molar-refractivity contribution is 6.30. The van der Waals surface area contributed by atoms with Gasteiger partial charge in [-0.05, 0) is 54.4 Å². The first-order chi connectivity index (χ1) is 11.9. The third-order valence-corrected chi connectivity index (χ3v) is 4.34. The molecule has 0 aliphatic carbocycles. The van der Waals surface area contributed by atoms with Crippen molar-refractivity contribution in [1.82, 2.24) is 4.90 Å². The van der Waals surface area contributed by atoms with Crippen LogP contribution in [0, 0.1) is 5.92 Å². The normalized spacial score (nSPS) is 15.7. The van der Waals surface area contributed by atoms with Crippen molar-refractivity contribution in [1.29, 1.82) is 0 Å². The molecule has 0 saturated heterocycles. The Morgan fingerprint density at radius 3 is 2.56 bits per heavy atom. The quantitative estimate of drug-likeness (QED) is 0.916. The molecular weight excluding hydrogens is 340 g/mol. The summed E-state index contributed by atoms with van der Waals surface area (Å²) in [6.07, 6.45) is 0.582. The van der Waals surface area contributed by atoms with Gasteiger partial charge in [-0.2, -0.15) is 0 Å². The Morgan fingerprint density at radius 2 is 1.88 bits per heavy atom. The third-order valence-electron chi connectivity index (χ3n) is 4.11. The number of nitrogens with one attached hydrogen (secondary N) is 1. The molecule has 2 aromatic carbocycles. The van der Waals surface area contributed by atoms with Gasteiger partial charge in [0.1, 0.15) is 12.4 Å². The zero-order valence-electron chi connectivity index (χ0n) is 14.1. The third kappa shape index (κ3) is 3.94. The number of anilines is 1. The molecule has 5 nitrogen and oxygen atoms in total. The van der Waals surface area contributed by atoms with E-state index in [1.165, 1.54) is 4.90 Å². The number of benzene rings is 2. The van der Waals surface area contributed by atoms with Crippen molar-refractivity contribution >= 4 is 29.1 Å². The van der Waals surface area contributed by atoms with E-state index in [2.05, 4.69) is 5.32 Å². The lowest BCUT2D eigenvalue weighted by Gasteiger charge is -2.24. The number of ether oxygens (including phenoxy) is 1. The molecule has 0 saturated carbocycles.